The maximum absolute atomic E-state index is 6.30. The van der Waals surface area contributed by atoms with Gasteiger partial charge in [0.05, 0.1) is 5.56 Å². The molecule has 0 bridgehead atoms. The van der Waals surface area contributed by atoms with Gasteiger partial charge in [-0.1, -0.05) is 57.2 Å². The number of hydrogen-bond donors (Lipinski definition) is 0. The van der Waals surface area contributed by atoms with Gasteiger partial charge >= 0.3 is 0 Å². The molecular formula is C37H32NO2+. The van der Waals surface area contributed by atoms with Crippen LogP contribution in [0.5, 0.6) is 0 Å². The highest BCUT2D eigenvalue weighted by Gasteiger charge is 2.50. The van der Waals surface area contributed by atoms with E-state index in [0.29, 0.717) is 5.92 Å². The molecule has 0 fully saturated rings. The first-order valence-electron chi connectivity index (χ1n) is 14.6. The monoisotopic (exact) mass is 522 g/mol. The Hall–Kier alpha value is -4.37. The molecule has 40 heavy (non-hydrogen) atoms. The summed E-state index contributed by atoms with van der Waals surface area (Å²) in [4.78, 5) is 0. The maximum Gasteiger partial charge on any atom is 0.213 e. The van der Waals surface area contributed by atoms with Crippen molar-refractivity contribution in [1.82, 2.24) is 0 Å². The Labute approximate surface area is 233 Å². The van der Waals surface area contributed by atoms with Crippen LogP contribution in [0.1, 0.15) is 51.5 Å². The molecular weight excluding hydrogens is 490 g/mol. The van der Waals surface area contributed by atoms with Gasteiger partial charge in [-0.3, -0.25) is 0 Å². The summed E-state index contributed by atoms with van der Waals surface area (Å²) >= 11 is 0. The molecule has 8 rings (SSSR count). The molecule has 4 heterocycles. The van der Waals surface area contributed by atoms with Gasteiger partial charge in [0.15, 0.2) is 11.7 Å². The van der Waals surface area contributed by atoms with E-state index in [0.717, 1.165) is 63.1 Å². The summed E-state index contributed by atoms with van der Waals surface area (Å²) in [6.45, 7) is 7.04. The van der Waals surface area contributed by atoms with Gasteiger partial charge in [0.2, 0.25) is 5.69 Å². The van der Waals surface area contributed by atoms with Gasteiger partial charge < -0.3 is 8.83 Å². The number of hydrogen-bond acceptors (Lipinski definition) is 2. The molecule has 7 aromatic rings. The number of furan rings is 2. The second kappa shape index (κ2) is 8.56. The zero-order valence-electron chi connectivity index (χ0n) is 23.2. The Morgan fingerprint density at radius 1 is 0.625 bits per heavy atom. The first kappa shape index (κ1) is 23.5. The minimum absolute atomic E-state index is 0.108. The van der Waals surface area contributed by atoms with Crippen molar-refractivity contribution < 1.29 is 13.4 Å². The Morgan fingerprint density at radius 3 is 2.10 bits per heavy atom. The van der Waals surface area contributed by atoms with Crippen LogP contribution in [0, 0.1) is 0 Å². The highest BCUT2D eigenvalue weighted by Crippen LogP contribution is 2.47. The maximum atomic E-state index is 6.30. The van der Waals surface area contributed by atoms with E-state index in [4.69, 9.17) is 8.83 Å². The number of rotatable bonds is 4. The SMILES string of the molecule is CCC1c2ccc(-c3ccc4oc5cc6oc7ccccc7c6cc5c4c3)cc2-c2cccc[n+]2C1(CC)CC. The molecule has 0 N–H and O–H groups in total. The molecule has 1 atom stereocenters. The van der Waals surface area contributed by atoms with Gasteiger partial charge in [0.25, 0.3) is 0 Å². The number of fused-ring (bicyclic) bond motifs is 9. The Balaban J connectivity index is 1.31. The molecule has 1 aliphatic rings. The normalized spacial score (nSPS) is 16.1. The summed E-state index contributed by atoms with van der Waals surface area (Å²) in [6, 6.07) is 32.9. The number of para-hydroxylation sites is 1. The van der Waals surface area contributed by atoms with E-state index in [1.807, 2.05) is 18.2 Å². The third-order valence-corrected chi connectivity index (χ3v) is 9.63. The predicted molar refractivity (Wildman–Crippen MR) is 164 cm³/mol. The van der Waals surface area contributed by atoms with E-state index in [2.05, 4.69) is 104 Å². The van der Waals surface area contributed by atoms with Crippen molar-refractivity contribution in [3.05, 3.63) is 103 Å². The molecule has 0 saturated heterocycles. The molecule has 0 spiro atoms. The van der Waals surface area contributed by atoms with Crippen molar-refractivity contribution in [1.29, 1.82) is 0 Å². The summed E-state index contributed by atoms with van der Waals surface area (Å²) < 4.78 is 15.0. The standard InChI is InChI=1S/C37H32NO2/c1-4-31-25-16-14-23(19-27(25)32-12-9-10-18-38(32)37(31,5-2)6-3)24-15-17-34-28(20-24)30-21-29-26-11-7-8-13-33(26)39-35(29)22-36(30)40-34/h7-22,31H,4-6H2,1-3H3/q+1. The molecule has 0 saturated carbocycles. The van der Waals surface area contributed by atoms with Gasteiger partial charge in [-0.25, -0.2) is 0 Å². The van der Waals surface area contributed by atoms with E-state index in [-0.39, 0.29) is 5.54 Å². The summed E-state index contributed by atoms with van der Waals surface area (Å²) in [5.41, 5.74) is 10.2. The Kier molecular flexibility index (Phi) is 5.03. The van der Waals surface area contributed by atoms with Crippen LogP contribution >= 0.6 is 0 Å². The fraction of sp³-hybridized carbons (Fsp3) is 0.216. The van der Waals surface area contributed by atoms with Crippen molar-refractivity contribution in [2.75, 3.05) is 0 Å². The van der Waals surface area contributed by atoms with Crippen LogP contribution < -0.4 is 4.57 Å². The minimum Gasteiger partial charge on any atom is -0.456 e. The molecule has 4 aromatic carbocycles. The largest absolute Gasteiger partial charge is 0.456 e. The number of nitrogens with zero attached hydrogens (tertiary/aromatic N) is 1. The Bertz CT molecular complexity index is 2090. The van der Waals surface area contributed by atoms with Crippen molar-refractivity contribution in [3.8, 4) is 22.4 Å². The molecule has 3 nitrogen and oxygen atoms in total. The molecule has 3 heteroatoms. The predicted octanol–water partition coefficient (Wildman–Crippen LogP) is 10.1. The number of pyridine rings is 1. The lowest BCUT2D eigenvalue weighted by Gasteiger charge is -2.39. The van der Waals surface area contributed by atoms with Crippen LogP contribution in [0.2, 0.25) is 0 Å². The van der Waals surface area contributed by atoms with E-state index in [1.165, 1.54) is 27.9 Å². The molecule has 1 unspecified atom stereocenters. The van der Waals surface area contributed by atoms with Crippen LogP contribution in [0.15, 0.2) is 106 Å². The molecule has 0 aliphatic carbocycles. The number of benzene rings is 4. The summed E-state index contributed by atoms with van der Waals surface area (Å²) in [6.07, 6.45) is 5.66. The van der Waals surface area contributed by atoms with Crippen LogP contribution in [-0.2, 0) is 5.54 Å². The van der Waals surface area contributed by atoms with E-state index in [9.17, 15) is 0 Å². The summed E-state index contributed by atoms with van der Waals surface area (Å²) in [5.74, 6) is 0.485. The average molecular weight is 523 g/mol. The molecule has 1 aliphatic heterocycles. The molecule has 0 radical (unpaired) electrons. The third-order valence-electron chi connectivity index (χ3n) is 9.63. The van der Waals surface area contributed by atoms with Crippen molar-refractivity contribution in [2.45, 2.75) is 51.5 Å². The van der Waals surface area contributed by atoms with E-state index in [1.54, 1.807) is 0 Å². The fourth-order valence-corrected chi connectivity index (χ4v) is 7.63. The van der Waals surface area contributed by atoms with Crippen LogP contribution in [0.25, 0.3) is 66.3 Å². The third kappa shape index (κ3) is 3.09. The average Bonchev–Trinajstić information content (AvgIpc) is 3.55. The smallest absolute Gasteiger partial charge is 0.213 e. The molecule has 0 amide bonds. The molecule has 3 aromatic heterocycles. The van der Waals surface area contributed by atoms with Gasteiger partial charge in [0, 0.05) is 58.5 Å². The van der Waals surface area contributed by atoms with Crippen molar-refractivity contribution >= 4 is 43.9 Å². The Morgan fingerprint density at radius 2 is 1.30 bits per heavy atom. The second-order valence-electron chi connectivity index (χ2n) is 11.3. The highest BCUT2D eigenvalue weighted by atomic mass is 16.3. The van der Waals surface area contributed by atoms with E-state index >= 15 is 0 Å². The van der Waals surface area contributed by atoms with Crippen molar-refractivity contribution in [2.24, 2.45) is 0 Å². The topological polar surface area (TPSA) is 30.2 Å². The summed E-state index contributed by atoms with van der Waals surface area (Å²) in [7, 11) is 0. The minimum atomic E-state index is 0.108. The first-order chi connectivity index (χ1) is 19.6. The zero-order valence-corrected chi connectivity index (χ0v) is 23.2. The molecule has 196 valence electrons. The fourth-order valence-electron chi connectivity index (χ4n) is 7.63. The first-order valence-corrected chi connectivity index (χ1v) is 14.6. The second-order valence-corrected chi connectivity index (χ2v) is 11.3. The van der Waals surface area contributed by atoms with Gasteiger partial charge in [0.1, 0.15) is 22.3 Å². The van der Waals surface area contributed by atoms with Gasteiger partial charge in [-0.05, 0) is 59.5 Å². The lowest BCUT2D eigenvalue weighted by atomic mass is 9.69. The quantitative estimate of drug-likeness (QED) is 0.215. The lowest BCUT2D eigenvalue weighted by Crippen LogP contribution is -2.62. The highest BCUT2D eigenvalue weighted by molar-refractivity contribution is 6.15. The zero-order chi connectivity index (χ0) is 27.0. The summed E-state index contributed by atoms with van der Waals surface area (Å²) in [5, 5.41) is 4.52. The van der Waals surface area contributed by atoms with Crippen LogP contribution in [-0.4, -0.2) is 0 Å². The van der Waals surface area contributed by atoms with Gasteiger partial charge in [-0.15, -0.1) is 0 Å². The van der Waals surface area contributed by atoms with Gasteiger partial charge in [-0.2, -0.15) is 4.57 Å². The number of aromatic nitrogens is 1. The van der Waals surface area contributed by atoms with Crippen LogP contribution in [0.3, 0.4) is 0 Å². The lowest BCUT2D eigenvalue weighted by molar-refractivity contribution is -0.762. The van der Waals surface area contributed by atoms with Crippen LogP contribution in [0.4, 0.5) is 0 Å². The van der Waals surface area contributed by atoms with Crippen molar-refractivity contribution in [3.63, 3.8) is 0 Å². The van der Waals surface area contributed by atoms with E-state index < -0.39 is 0 Å².